The molecule has 2 nitrogen and oxygen atoms in total. The van der Waals surface area contributed by atoms with Gasteiger partial charge in [-0.3, -0.25) is 0 Å². The Hall–Kier alpha value is -3.34. The average Bonchev–Trinajstić information content (AvgIpc) is 3.41. The fraction of sp³-hybridized carbons (Fsp3) is 0. The van der Waals surface area contributed by atoms with Crippen molar-refractivity contribution in [1.29, 1.82) is 0 Å². The van der Waals surface area contributed by atoms with E-state index in [2.05, 4.69) is 116 Å². The van der Waals surface area contributed by atoms with Gasteiger partial charge in [0.25, 0.3) is 0 Å². The van der Waals surface area contributed by atoms with Gasteiger partial charge < -0.3 is 9.40 Å². The maximum absolute atomic E-state index is 6.31. The van der Waals surface area contributed by atoms with Crippen molar-refractivity contribution in [2.24, 2.45) is 0 Å². The Kier molecular flexibility index (Phi) is 4.48. The van der Waals surface area contributed by atoms with Crippen molar-refractivity contribution >= 4 is 75.6 Å². The van der Waals surface area contributed by atoms with Crippen molar-refractivity contribution in [2.45, 2.75) is 0 Å². The topological polar surface area (TPSA) is 28.9 Å². The Bertz CT molecular complexity index is 1860. The van der Waals surface area contributed by atoms with E-state index in [0.717, 1.165) is 53.0 Å². The molecule has 0 unspecified atom stereocenters. The largest absolute Gasteiger partial charge is 0.456 e. The molecule has 162 valence electrons. The molecule has 0 atom stereocenters. The van der Waals surface area contributed by atoms with E-state index in [1.165, 1.54) is 21.9 Å². The summed E-state index contributed by atoms with van der Waals surface area (Å²) in [5, 5.41) is 4.73. The minimum atomic E-state index is 0.898. The molecule has 0 amide bonds. The normalized spacial score (nSPS) is 11.8. The van der Waals surface area contributed by atoms with Crippen LogP contribution in [0.2, 0.25) is 0 Å². The SMILES string of the molecule is Brc1cc(Br)cc(-c2ccc(-c3cc4oc5ccccc5c4c4[nH]c5ccccc5c34)cc2)c1. The second-order valence-electron chi connectivity index (χ2n) is 8.55. The molecule has 0 saturated carbocycles. The lowest BCUT2D eigenvalue weighted by Gasteiger charge is -2.09. The van der Waals surface area contributed by atoms with Gasteiger partial charge in [0.05, 0.1) is 10.9 Å². The van der Waals surface area contributed by atoms with E-state index in [9.17, 15) is 0 Å². The van der Waals surface area contributed by atoms with Crippen LogP contribution in [-0.2, 0) is 0 Å². The fourth-order valence-corrected chi connectivity index (χ4v) is 6.32. The van der Waals surface area contributed by atoms with Gasteiger partial charge in [0.2, 0.25) is 0 Å². The molecule has 0 radical (unpaired) electrons. The number of hydrogen-bond acceptors (Lipinski definition) is 1. The molecule has 34 heavy (non-hydrogen) atoms. The van der Waals surface area contributed by atoms with Crippen LogP contribution in [0.25, 0.3) is 66.0 Å². The summed E-state index contributed by atoms with van der Waals surface area (Å²) < 4.78 is 8.41. The molecule has 0 spiro atoms. The van der Waals surface area contributed by atoms with Gasteiger partial charge in [-0.25, -0.2) is 0 Å². The number of H-pyrrole nitrogens is 1. The Morgan fingerprint density at radius 3 is 2.03 bits per heavy atom. The highest BCUT2D eigenvalue weighted by Crippen LogP contribution is 2.43. The third-order valence-corrected chi connectivity index (χ3v) is 7.43. The molecule has 7 aromatic rings. The van der Waals surface area contributed by atoms with Crippen LogP contribution in [0.5, 0.6) is 0 Å². The zero-order valence-electron chi connectivity index (χ0n) is 17.9. The van der Waals surface area contributed by atoms with E-state index in [-0.39, 0.29) is 0 Å². The van der Waals surface area contributed by atoms with Gasteiger partial charge in [0, 0.05) is 30.6 Å². The number of nitrogens with one attached hydrogen (secondary N) is 1. The summed E-state index contributed by atoms with van der Waals surface area (Å²) >= 11 is 7.20. The zero-order valence-corrected chi connectivity index (χ0v) is 21.1. The van der Waals surface area contributed by atoms with E-state index >= 15 is 0 Å². The lowest BCUT2D eigenvalue weighted by atomic mass is 9.95. The zero-order chi connectivity index (χ0) is 22.8. The van der Waals surface area contributed by atoms with Crippen LogP contribution in [0.3, 0.4) is 0 Å². The molecule has 2 aromatic heterocycles. The molecule has 4 heteroatoms. The van der Waals surface area contributed by atoms with E-state index in [1.54, 1.807) is 0 Å². The first-order valence-electron chi connectivity index (χ1n) is 11.1. The minimum Gasteiger partial charge on any atom is -0.456 e. The van der Waals surface area contributed by atoms with Crippen LogP contribution in [0, 0.1) is 0 Å². The van der Waals surface area contributed by atoms with Crippen LogP contribution in [0.15, 0.2) is 110 Å². The summed E-state index contributed by atoms with van der Waals surface area (Å²) in [6, 6.07) is 34.1. The second-order valence-corrected chi connectivity index (χ2v) is 10.4. The van der Waals surface area contributed by atoms with Gasteiger partial charge in [-0.15, -0.1) is 0 Å². The number of furan rings is 1. The number of benzene rings is 5. The highest BCUT2D eigenvalue weighted by Gasteiger charge is 2.18. The average molecular weight is 567 g/mol. The number of halogens is 2. The van der Waals surface area contributed by atoms with Crippen molar-refractivity contribution in [3.05, 3.63) is 106 Å². The Morgan fingerprint density at radius 1 is 0.559 bits per heavy atom. The predicted molar refractivity (Wildman–Crippen MR) is 149 cm³/mol. The summed E-state index contributed by atoms with van der Waals surface area (Å²) in [7, 11) is 0. The third kappa shape index (κ3) is 3.06. The molecule has 0 aliphatic heterocycles. The summed E-state index contributed by atoms with van der Waals surface area (Å²) in [6.07, 6.45) is 0. The molecule has 0 aliphatic rings. The Labute approximate surface area is 212 Å². The summed E-state index contributed by atoms with van der Waals surface area (Å²) in [5.74, 6) is 0. The summed E-state index contributed by atoms with van der Waals surface area (Å²) in [5.41, 5.74) is 8.73. The highest BCUT2D eigenvalue weighted by molar-refractivity contribution is 9.11. The van der Waals surface area contributed by atoms with Crippen molar-refractivity contribution in [1.82, 2.24) is 4.98 Å². The first-order valence-corrected chi connectivity index (χ1v) is 12.7. The molecule has 0 bridgehead atoms. The van der Waals surface area contributed by atoms with Crippen LogP contribution < -0.4 is 0 Å². The van der Waals surface area contributed by atoms with Crippen molar-refractivity contribution in [3.63, 3.8) is 0 Å². The van der Waals surface area contributed by atoms with E-state index in [0.29, 0.717) is 0 Å². The van der Waals surface area contributed by atoms with Crippen molar-refractivity contribution < 1.29 is 4.42 Å². The lowest BCUT2D eigenvalue weighted by molar-refractivity contribution is 0.669. The predicted octanol–water partition coefficient (Wildman–Crippen LogP) is 10.1. The number of aromatic nitrogens is 1. The molecule has 1 N–H and O–H groups in total. The smallest absolute Gasteiger partial charge is 0.138 e. The number of fused-ring (bicyclic) bond motifs is 7. The third-order valence-electron chi connectivity index (χ3n) is 6.52. The van der Waals surface area contributed by atoms with Gasteiger partial charge in [-0.05, 0) is 58.7 Å². The number of hydrogen-bond donors (Lipinski definition) is 1. The molecule has 7 rings (SSSR count). The van der Waals surface area contributed by atoms with E-state index in [4.69, 9.17) is 4.42 Å². The van der Waals surface area contributed by atoms with Crippen molar-refractivity contribution in [3.8, 4) is 22.3 Å². The molecule has 0 saturated heterocycles. The maximum Gasteiger partial charge on any atom is 0.138 e. The van der Waals surface area contributed by atoms with Gasteiger partial charge >= 0.3 is 0 Å². The molecule has 2 heterocycles. The molecule has 5 aromatic carbocycles. The first-order chi connectivity index (χ1) is 16.7. The van der Waals surface area contributed by atoms with Crippen molar-refractivity contribution in [2.75, 3.05) is 0 Å². The monoisotopic (exact) mass is 565 g/mol. The highest BCUT2D eigenvalue weighted by atomic mass is 79.9. The maximum atomic E-state index is 6.31. The van der Waals surface area contributed by atoms with Crippen LogP contribution in [-0.4, -0.2) is 4.98 Å². The van der Waals surface area contributed by atoms with Gasteiger partial charge in [-0.1, -0.05) is 92.5 Å². The molecule has 0 aliphatic carbocycles. The number of aromatic amines is 1. The Balaban J connectivity index is 1.51. The summed E-state index contributed by atoms with van der Waals surface area (Å²) in [6.45, 7) is 0. The molecular formula is C30H17Br2NO. The standard InChI is InChI=1S/C30H17Br2NO/c31-20-13-19(14-21(32)15-20)17-9-11-18(12-10-17)24-16-27-29(23-6-2-4-8-26(23)34-27)30-28(24)22-5-1-3-7-25(22)33-30/h1-16,33H. The van der Waals surface area contributed by atoms with E-state index < -0.39 is 0 Å². The van der Waals surface area contributed by atoms with Gasteiger partial charge in [0.1, 0.15) is 11.2 Å². The van der Waals surface area contributed by atoms with Gasteiger partial charge in [0.15, 0.2) is 0 Å². The number of para-hydroxylation sites is 2. The Morgan fingerprint density at radius 2 is 1.24 bits per heavy atom. The second kappa shape index (κ2) is 7.59. The lowest BCUT2D eigenvalue weighted by Crippen LogP contribution is -1.84. The molecular weight excluding hydrogens is 550 g/mol. The quantitative estimate of drug-likeness (QED) is 0.221. The summed E-state index contributed by atoms with van der Waals surface area (Å²) in [4.78, 5) is 3.69. The van der Waals surface area contributed by atoms with Crippen LogP contribution in [0.4, 0.5) is 0 Å². The number of rotatable bonds is 2. The fourth-order valence-electron chi connectivity index (χ4n) is 5.03. The van der Waals surface area contributed by atoms with Gasteiger partial charge in [-0.2, -0.15) is 0 Å². The minimum absolute atomic E-state index is 0.898. The first kappa shape index (κ1) is 20.1. The van der Waals surface area contributed by atoms with Crippen LogP contribution >= 0.6 is 31.9 Å². The van der Waals surface area contributed by atoms with E-state index in [1.807, 2.05) is 18.2 Å². The molecule has 0 fully saturated rings. The van der Waals surface area contributed by atoms with Crippen LogP contribution in [0.1, 0.15) is 0 Å².